The van der Waals surface area contributed by atoms with Gasteiger partial charge in [-0.25, -0.2) is 0 Å². The Morgan fingerprint density at radius 3 is 2.47 bits per heavy atom. The molecule has 0 amide bonds. The van der Waals surface area contributed by atoms with Crippen molar-refractivity contribution in [3.63, 3.8) is 0 Å². The molecule has 2 unspecified atom stereocenters. The summed E-state index contributed by atoms with van der Waals surface area (Å²) in [5.74, 6) is 0. The molecule has 2 rings (SSSR count). The van der Waals surface area contributed by atoms with Crippen molar-refractivity contribution in [2.45, 2.75) is 51.6 Å². The highest BCUT2D eigenvalue weighted by atomic mass is 15.2. The molecule has 1 aromatic rings. The van der Waals surface area contributed by atoms with Gasteiger partial charge in [0.25, 0.3) is 0 Å². The fourth-order valence-corrected chi connectivity index (χ4v) is 2.91. The molecule has 2 nitrogen and oxygen atoms in total. The van der Waals surface area contributed by atoms with Gasteiger partial charge in [0.15, 0.2) is 0 Å². The molecule has 1 aromatic carbocycles. The maximum absolute atomic E-state index is 3.75. The summed E-state index contributed by atoms with van der Waals surface area (Å²) in [5, 5.41) is 3.75. The lowest BCUT2D eigenvalue weighted by molar-refractivity contribution is 0.244. The molecule has 0 radical (unpaired) electrons. The SMILES string of the molecule is CCC(Cc1ccccc1)NCC(C)N1CCCC1. The summed E-state index contributed by atoms with van der Waals surface area (Å²) in [6.07, 6.45) is 5.10. The average Bonchev–Trinajstić information content (AvgIpc) is 2.98. The lowest BCUT2D eigenvalue weighted by Gasteiger charge is -2.26. The third-order valence-electron chi connectivity index (χ3n) is 4.28. The Morgan fingerprint density at radius 1 is 1.16 bits per heavy atom. The Balaban J connectivity index is 1.75. The van der Waals surface area contributed by atoms with Gasteiger partial charge in [0.1, 0.15) is 0 Å². The van der Waals surface area contributed by atoms with Gasteiger partial charge in [-0.1, -0.05) is 37.3 Å². The van der Waals surface area contributed by atoms with Crippen molar-refractivity contribution < 1.29 is 0 Å². The van der Waals surface area contributed by atoms with Crippen LogP contribution in [0.5, 0.6) is 0 Å². The van der Waals surface area contributed by atoms with Gasteiger partial charge in [-0.15, -0.1) is 0 Å². The third-order valence-corrected chi connectivity index (χ3v) is 4.28. The van der Waals surface area contributed by atoms with E-state index in [1.54, 1.807) is 0 Å². The summed E-state index contributed by atoms with van der Waals surface area (Å²) in [6.45, 7) is 8.33. The molecule has 1 aliphatic heterocycles. The van der Waals surface area contributed by atoms with E-state index >= 15 is 0 Å². The lowest BCUT2D eigenvalue weighted by Crippen LogP contribution is -2.42. The summed E-state index contributed by atoms with van der Waals surface area (Å²) in [7, 11) is 0. The standard InChI is InChI=1S/C17H28N2/c1-3-17(13-16-9-5-4-6-10-16)18-14-15(2)19-11-7-8-12-19/h4-6,9-10,15,17-18H,3,7-8,11-14H2,1-2H3. The van der Waals surface area contributed by atoms with E-state index in [0.29, 0.717) is 12.1 Å². The normalized spacial score (nSPS) is 19.5. The zero-order valence-corrected chi connectivity index (χ0v) is 12.4. The Morgan fingerprint density at radius 2 is 1.84 bits per heavy atom. The average molecular weight is 260 g/mol. The van der Waals surface area contributed by atoms with Crippen LogP contribution in [0, 0.1) is 0 Å². The first-order valence-electron chi connectivity index (χ1n) is 7.81. The first-order chi connectivity index (χ1) is 9.29. The molecule has 0 saturated carbocycles. The summed E-state index contributed by atoms with van der Waals surface area (Å²) in [5.41, 5.74) is 1.44. The van der Waals surface area contributed by atoms with Crippen LogP contribution < -0.4 is 5.32 Å². The number of likely N-dealkylation sites (tertiary alicyclic amines) is 1. The second-order valence-electron chi connectivity index (χ2n) is 5.80. The molecule has 1 saturated heterocycles. The first-order valence-corrected chi connectivity index (χ1v) is 7.81. The maximum atomic E-state index is 3.75. The quantitative estimate of drug-likeness (QED) is 0.810. The highest BCUT2D eigenvalue weighted by Gasteiger charge is 2.18. The summed E-state index contributed by atoms with van der Waals surface area (Å²) in [6, 6.07) is 12.1. The van der Waals surface area contributed by atoms with E-state index in [4.69, 9.17) is 0 Å². The molecule has 0 spiro atoms. The molecular weight excluding hydrogens is 232 g/mol. The number of rotatable bonds is 7. The van der Waals surface area contributed by atoms with Crippen molar-refractivity contribution in [1.82, 2.24) is 10.2 Å². The molecule has 0 aliphatic carbocycles. The Labute approximate surface area is 118 Å². The second kappa shape index (κ2) is 7.66. The number of nitrogens with zero attached hydrogens (tertiary/aromatic N) is 1. The lowest BCUT2D eigenvalue weighted by atomic mass is 10.0. The molecular formula is C17H28N2. The van der Waals surface area contributed by atoms with Gasteiger partial charge in [0.05, 0.1) is 0 Å². The molecule has 2 heteroatoms. The highest BCUT2D eigenvalue weighted by Crippen LogP contribution is 2.11. The molecule has 0 bridgehead atoms. The highest BCUT2D eigenvalue weighted by molar-refractivity contribution is 5.15. The Bertz CT molecular complexity index is 344. The van der Waals surface area contributed by atoms with Gasteiger partial charge in [-0.3, -0.25) is 4.90 Å². The van der Waals surface area contributed by atoms with Crippen molar-refractivity contribution in [3.8, 4) is 0 Å². The van der Waals surface area contributed by atoms with Crippen LogP contribution in [0.2, 0.25) is 0 Å². The van der Waals surface area contributed by atoms with Gasteiger partial charge in [0.2, 0.25) is 0 Å². The molecule has 1 heterocycles. The van der Waals surface area contributed by atoms with Crippen LogP contribution in [0.4, 0.5) is 0 Å². The van der Waals surface area contributed by atoms with Crippen LogP contribution >= 0.6 is 0 Å². The van der Waals surface area contributed by atoms with E-state index < -0.39 is 0 Å². The topological polar surface area (TPSA) is 15.3 Å². The number of hydrogen-bond donors (Lipinski definition) is 1. The second-order valence-corrected chi connectivity index (χ2v) is 5.80. The fourth-order valence-electron chi connectivity index (χ4n) is 2.91. The van der Waals surface area contributed by atoms with Gasteiger partial charge >= 0.3 is 0 Å². The molecule has 0 aromatic heterocycles. The van der Waals surface area contributed by atoms with Gasteiger partial charge < -0.3 is 5.32 Å². The summed E-state index contributed by atoms with van der Waals surface area (Å²) < 4.78 is 0. The van der Waals surface area contributed by atoms with E-state index in [-0.39, 0.29) is 0 Å². The molecule has 1 fully saturated rings. The van der Waals surface area contributed by atoms with E-state index in [0.717, 1.165) is 13.0 Å². The molecule has 106 valence electrons. The summed E-state index contributed by atoms with van der Waals surface area (Å²) in [4.78, 5) is 2.61. The van der Waals surface area contributed by atoms with E-state index in [2.05, 4.69) is 54.4 Å². The minimum Gasteiger partial charge on any atom is -0.312 e. The summed E-state index contributed by atoms with van der Waals surface area (Å²) >= 11 is 0. The van der Waals surface area contributed by atoms with E-state index in [9.17, 15) is 0 Å². The van der Waals surface area contributed by atoms with Gasteiger partial charge in [-0.2, -0.15) is 0 Å². The van der Waals surface area contributed by atoms with Crippen LogP contribution in [0.15, 0.2) is 30.3 Å². The molecule has 19 heavy (non-hydrogen) atoms. The largest absolute Gasteiger partial charge is 0.312 e. The number of benzene rings is 1. The van der Waals surface area contributed by atoms with Crippen molar-refractivity contribution in [2.75, 3.05) is 19.6 Å². The Kier molecular flexibility index (Phi) is 5.87. The predicted molar refractivity (Wildman–Crippen MR) is 82.5 cm³/mol. The molecule has 1 N–H and O–H groups in total. The van der Waals surface area contributed by atoms with Crippen LogP contribution in [-0.2, 0) is 6.42 Å². The third kappa shape index (κ3) is 4.63. The van der Waals surface area contributed by atoms with Crippen LogP contribution in [0.1, 0.15) is 38.7 Å². The van der Waals surface area contributed by atoms with Crippen LogP contribution in [0.25, 0.3) is 0 Å². The number of hydrogen-bond acceptors (Lipinski definition) is 2. The van der Waals surface area contributed by atoms with Gasteiger partial charge in [0, 0.05) is 18.6 Å². The fraction of sp³-hybridized carbons (Fsp3) is 0.647. The van der Waals surface area contributed by atoms with Crippen molar-refractivity contribution in [1.29, 1.82) is 0 Å². The van der Waals surface area contributed by atoms with Crippen molar-refractivity contribution in [2.24, 2.45) is 0 Å². The first kappa shape index (κ1) is 14.5. The van der Waals surface area contributed by atoms with Crippen LogP contribution in [-0.4, -0.2) is 36.6 Å². The number of nitrogens with one attached hydrogen (secondary N) is 1. The smallest absolute Gasteiger partial charge is 0.0192 e. The zero-order valence-electron chi connectivity index (χ0n) is 12.4. The Hall–Kier alpha value is -0.860. The van der Waals surface area contributed by atoms with Gasteiger partial charge in [-0.05, 0) is 51.3 Å². The zero-order chi connectivity index (χ0) is 13.5. The minimum absolute atomic E-state index is 0.604. The predicted octanol–water partition coefficient (Wildman–Crippen LogP) is 3.08. The molecule has 2 atom stereocenters. The van der Waals surface area contributed by atoms with E-state index in [1.807, 2.05) is 0 Å². The van der Waals surface area contributed by atoms with E-state index in [1.165, 1.54) is 37.9 Å². The van der Waals surface area contributed by atoms with Crippen LogP contribution in [0.3, 0.4) is 0 Å². The van der Waals surface area contributed by atoms with Crippen molar-refractivity contribution in [3.05, 3.63) is 35.9 Å². The monoisotopic (exact) mass is 260 g/mol. The van der Waals surface area contributed by atoms with Crippen molar-refractivity contribution >= 4 is 0 Å². The minimum atomic E-state index is 0.604. The maximum Gasteiger partial charge on any atom is 0.0192 e. The molecule has 1 aliphatic rings.